The first kappa shape index (κ1) is 17.5. The van der Waals surface area contributed by atoms with Gasteiger partial charge in [-0.2, -0.15) is 0 Å². The van der Waals surface area contributed by atoms with Gasteiger partial charge in [-0.15, -0.1) is 0 Å². The first-order valence-electron chi connectivity index (χ1n) is 9.85. The summed E-state index contributed by atoms with van der Waals surface area (Å²) >= 11 is 0. The molecule has 3 fully saturated rings. The number of hydrogen-bond acceptors (Lipinski definition) is 3. The molecule has 2 amide bonds. The van der Waals surface area contributed by atoms with E-state index in [2.05, 4.69) is 16.2 Å². The SMILES string of the molecule is NC(=O)c1ccccc1[CH]CCN1CC2CN(C(=O)C3CCC3)C[C@@H]2C1. The van der Waals surface area contributed by atoms with Gasteiger partial charge in [-0.3, -0.25) is 9.59 Å². The van der Waals surface area contributed by atoms with Crippen LogP contribution in [0.5, 0.6) is 0 Å². The zero-order chi connectivity index (χ0) is 18.1. The standard InChI is InChI=1S/C21H28N3O2/c22-20(25)19-9-2-1-5-15(19)8-4-10-23-11-17-13-24(14-18(17)12-23)21(26)16-6-3-7-16/h1-2,5,8-9,16-18H,3-4,6-7,10-14H2,(H2,22,25)/t17-,18?/m0/s1. The molecule has 26 heavy (non-hydrogen) atoms. The second-order valence-electron chi connectivity index (χ2n) is 8.10. The Morgan fingerprint density at radius 2 is 1.77 bits per heavy atom. The molecule has 2 saturated heterocycles. The summed E-state index contributed by atoms with van der Waals surface area (Å²) in [7, 11) is 0. The molecule has 2 heterocycles. The maximum Gasteiger partial charge on any atom is 0.248 e. The van der Waals surface area contributed by atoms with Gasteiger partial charge in [0, 0.05) is 37.7 Å². The molecule has 2 N–H and O–H groups in total. The lowest BCUT2D eigenvalue weighted by atomic mass is 9.84. The van der Waals surface area contributed by atoms with Gasteiger partial charge in [0.25, 0.3) is 0 Å². The van der Waals surface area contributed by atoms with Gasteiger partial charge in [-0.05, 0) is 55.7 Å². The maximum absolute atomic E-state index is 12.4. The van der Waals surface area contributed by atoms with E-state index in [9.17, 15) is 9.59 Å². The molecule has 0 spiro atoms. The Morgan fingerprint density at radius 1 is 1.08 bits per heavy atom. The normalized spacial score (nSPS) is 25.9. The van der Waals surface area contributed by atoms with Crippen LogP contribution in [-0.4, -0.2) is 54.3 Å². The Balaban J connectivity index is 1.23. The molecule has 1 aromatic rings. The third-order valence-corrected chi connectivity index (χ3v) is 6.36. The minimum Gasteiger partial charge on any atom is -0.366 e. The molecule has 0 bridgehead atoms. The molecule has 1 saturated carbocycles. The molecule has 4 rings (SSSR count). The predicted molar refractivity (Wildman–Crippen MR) is 100 cm³/mol. The van der Waals surface area contributed by atoms with E-state index in [0.717, 1.165) is 57.5 Å². The molecule has 139 valence electrons. The summed E-state index contributed by atoms with van der Waals surface area (Å²) in [5.41, 5.74) is 6.96. The van der Waals surface area contributed by atoms with Crippen molar-refractivity contribution in [3.05, 3.63) is 41.8 Å². The van der Waals surface area contributed by atoms with Crippen molar-refractivity contribution in [3.8, 4) is 0 Å². The Bertz CT molecular complexity index is 672. The monoisotopic (exact) mass is 354 g/mol. The highest BCUT2D eigenvalue weighted by atomic mass is 16.2. The molecule has 1 unspecified atom stereocenters. The number of hydrogen-bond donors (Lipinski definition) is 1. The van der Waals surface area contributed by atoms with E-state index < -0.39 is 0 Å². The minimum absolute atomic E-state index is 0.324. The lowest BCUT2D eigenvalue weighted by Gasteiger charge is -2.30. The average Bonchev–Trinajstić information content (AvgIpc) is 3.12. The largest absolute Gasteiger partial charge is 0.366 e. The third-order valence-electron chi connectivity index (χ3n) is 6.36. The van der Waals surface area contributed by atoms with Crippen molar-refractivity contribution in [1.82, 2.24) is 9.80 Å². The maximum atomic E-state index is 12.4. The summed E-state index contributed by atoms with van der Waals surface area (Å²) in [6, 6.07) is 7.51. The van der Waals surface area contributed by atoms with E-state index >= 15 is 0 Å². The fourth-order valence-electron chi connectivity index (χ4n) is 4.67. The Labute approximate surface area is 155 Å². The molecule has 1 aromatic carbocycles. The van der Waals surface area contributed by atoms with Crippen LogP contribution in [0.4, 0.5) is 0 Å². The second kappa shape index (κ2) is 7.39. The summed E-state index contributed by atoms with van der Waals surface area (Å²) < 4.78 is 0. The van der Waals surface area contributed by atoms with E-state index in [4.69, 9.17) is 5.73 Å². The molecule has 5 nitrogen and oxygen atoms in total. The van der Waals surface area contributed by atoms with Crippen molar-refractivity contribution >= 4 is 11.8 Å². The number of carbonyl (C=O) groups excluding carboxylic acids is 2. The van der Waals surface area contributed by atoms with Crippen LogP contribution in [0.2, 0.25) is 0 Å². The molecule has 1 aliphatic carbocycles. The van der Waals surface area contributed by atoms with Gasteiger partial charge in [-0.25, -0.2) is 0 Å². The van der Waals surface area contributed by atoms with Crippen LogP contribution in [0, 0.1) is 24.2 Å². The van der Waals surface area contributed by atoms with E-state index in [-0.39, 0.29) is 5.91 Å². The zero-order valence-corrected chi connectivity index (χ0v) is 15.3. The van der Waals surface area contributed by atoms with Crippen LogP contribution in [0.25, 0.3) is 0 Å². The molecule has 0 aromatic heterocycles. The molecular weight excluding hydrogens is 326 g/mol. The van der Waals surface area contributed by atoms with Crippen molar-refractivity contribution < 1.29 is 9.59 Å². The average molecular weight is 354 g/mol. The van der Waals surface area contributed by atoms with E-state index in [1.807, 2.05) is 18.2 Å². The summed E-state index contributed by atoms with van der Waals surface area (Å²) in [5.74, 6) is 1.64. The van der Waals surface area contributed by atoms with Crippen molar-refractivity contribution in [2.24, 2.45) is 23.5 Å². The Hall–Kier alpha value is -1.88. The van der Waals surface area contributed by atoms with Gasteiger partial charge in [0.1, 0.15) is 0 Å². The summed E-state index contributed by atoms with van der Waals surface area (Å²) in [6.07, 6.45) is 6.44. The number of benzene rings is 1. The van der Waals surface area contributed by atoms with E-state index in [1.54, 1.807) is 6.07 Å². The first-order valence-corrected chi connectivity index (χ1v) is 9.85. The van der Waals surface area contributed by atoms with Gasteiger partial charge < -0.3 is 15.5 Å². The quantitative estimate of drug-likeness (QED) is 0.849. The topological polar surface area (TPSA) is 66.6 Å². The number of carbonyl (C=O) groups is 2. The van der Waals surface area contributed by atoms with Crippen molar-refractivity contribution in [2.45, 2.75) is 25.7 Å². The highest BCUT2D eigenvalue weighted by Crippen LogP contribution is 2.35. The van der Waals surface area contributed by atoms with Crippen LogP contribution in [0.3, 0.4) is 0 Å². The predicted octanol–water partition coefficient (Wildman–Crippen LogP) is 1.92. The Morgan fingerprint density at radius 3 is 2.38 bits per heavy atom. The molecule has 1 radical (unpaired) electrons. The van der Waals surface area contributed by atoms with Crippen molar-refractivity contribution in [3.63, 3.8) is 0 Å². The van der Waals surface area contributed by atoms with Crippen LogP contribution in [0.1, 0.15) is 41.6 Å². The van der Waals surface area contributed by atoms with Crippen LogP contribution in [0.15, 0.2) is 24.3 Å². The van der Waals surface area contributed by atoms with Crippen LogP contribution >= 0.6 is 0 Å². The van der Waals surface area contributed by atoms with E-state index in [1.165, 1.54) is 6.42 Å². The number of likely N-dealkylation sites (tertiary alicyclic amines) is 2. The minimum atomic E-state index is -0.372. The van der Waals surface area contributed by atoms with E-state index in [0.29, 0.717) is 29.2 Å². The first-order chi connectivity index (χ1) is 12.6. The van der Waals surface area contributed by atoms with Gasteiger partial charge >= 0.3 is 0 Å². The number of rotatable bonds is 6. The summed E-state index contributed by atoms with van der Waals surface area (Å²) in [6.45, 7) is 5.07. The van der Waals surface area contributed by atoms with Crippen molar-refractivity contribution in [2.75, 3.05) is 32.7 Å². The van der Waals surface area contributed by atoms with Gasteiger partial charge in [0.15, 0.2) is 0 Å². The molecular formula is C21H28N3O2. The highest BCUT2D eigenvalue weighted by Gasteiger charge is 2.43. The van der Waals surface area contributed by atoms with Gasteiger partial charge in [-0.1, -0.05) is 24.6 Å². The lowest BCUT2D eigenvalue weighted by molar-refractivity contribution is -0.137. The number of nitrogens with two attached hydrogens (primary N) is 1. The Kier molecular flexibility index (Phi) is 4.98. The van der Waals surface area contributed by atoms with Gasteiger partial charge in [0.05, 0.1) is 0 Å². The zero-order valence-electron chi connectivity index (χ0n) is 15.3. The number of primary amides is 1. The van der Waals surface area contributed by atoms with Crippen LogP contribution < -0.4 is 5.73 Å². The number of amides is 2. The fraction of sp³-hybridized carbons (Fsp3) is 0.571. The second-order valence-corrected chi connectivity index (χ2v) is 8.10. The number of nitrogens with zero attached hydrogens (tertiary/aromatic N) is 2. The third kappa shape index (κ3) is 3.50. The van der Waals surface area contributed by atoms with Gasteiger partial charge in [0.2, 0.25) is 11.8 Å². The highest BCUT2D eigenvalue weighted by molar-refractivity contribution is 5.94. The molecule has 2 atom stereocenters. The van der Waals surface area contributed by atoms with Crippen LogP contribution in [-0.2, 0) is 4.79 Å². The molecule has 5 heteroatoms. The fourth-order valence-corrected chi connectivity index (χ4v) is 4.67. The summed E-state index contributed by atoms with van der Waals surface area (Å²) in [5, 5.41) is 0. The summed E-state index contributed by atoms with van der Waals surface area (Å²) in [4.78, 5) is 28.6. The lowest BCUT2D eigenvalue weighted by Crippen LogP contribution is -2.39. The van der Waals surface area contributed by atoms with Crippen molar-refractivity contribution in [1.29, 1.82) is 0 Å². The smallest absolute Gasteiger partial charge is 0.248 e. The molecule has 3 aliphatic rings. The number of fused-ring (bicyclic) bond motifs is 1. The molecule has 2 aliphatic heterocycles.